The first kappa shape index (κ1) is 30.9. The van der Waals surface area contributed by atoms with Crippen LogP contribution in [0.3, 0.4) is 0 Å². The van der Waals surface area contributed by atoms with Crippen LogP contribution in [-0.2, 0) is 22.3 Å². The van der Waals surface area contributed by atoms with Crippen molar-refractivity contribution in [2.24, 2.45) is 0 Å². The Morgan fingerprint density at radius 3 is 1.56 bits per heavy atom. The summed E-state index contributed by atoms with van der Waals surface area (Å²) < 4.78 is 13.3. The fraction of sp³-hybridized carbons (Fsp3) is 0.500. The second kappa shape index (κ2) is 17.2. The average Bonchev–Trinajstić information content (AvgIpc) is 2.95. The van der Waals surface area contributed by atoms with Gasteiger partial charge in [-0.15, -0.1) is 0 Å². The number of rotatable bonds is 18. The van der Waals surface area contributed by atoms with Crippen molar-refractivity contribution < 1.29 is 14.6 Å². The van der Waals surface area contributed by atoms with Crippen molar-refractivity contribution in [2.75, 3.05) is 0 Å². The second-order valence-corrected chi connectivity index (χ2v) is 11.0. The minimum atomic E-state index is -0.0220. The minimum absolute atomic E-state index is 0.0220. The van der Waals surface area contributed by atoms with E-state index in [0.29, 0.717) is 12.2 Å². The van der Waals surface area contributed by atoms with Crippen LogP contribution >= 0.6 is 0 Å². The first-order valence-electron chi connectivity index (χ1n) is 15.2. The van der Waals surface area contributed by atoms with E-state index < -0.39 is 0 Å². The molecule has 39 heavy (non-hydrogen) atoms. The van der Waals surface area contributed by atoms with Crippen molar-refractivity contribution in [3.63, 3.8) is 0 Å². The van der Waals surface area contributed by atoms with E-state index >= 15 is 0 Å². The zero-order valence-electron chi connectivity index (χ0n) is 24.6. The fourth-order valence-electron chi connectivity index (χ4n) is 5.42. The van der Waals surface area contributed by atoms with Crippen LogP contribution in [0.2, 0.25) is 0 Å². The Bertz CT molecular complexity index is 1050. The lowest BCUT2D eigenvalue weighted by Gasteiger charge is -2.26. The van der Waals surface area contributed by atoms with Crippen molar-refractivity contribution in [1.29, 1.82) is 0 Å². The van der Waals surface area contributed by atoms with Gasteiger partial charge in [0.1, 0.15) is 5.75 Å². The molecular formula is C36H50O3. The largest absolute Gasteiger partial charge is 0.508 e. The summed E-state index contributed by atoms with van der Waals surface area (Å²) in [4.78, 5) is 0. The molecule has 4 unspecified atom stereocenters. The van der Waals surface area contributed by atoms with Gasteiger partial charge in [0.05, 0.1) is 24.4 Å². The maximum atomic E-state index is 10.9. The molecule has 0 bridgehead atoms. The first-order chi connectivity index (χ1) is 19.0. The molecule has 0 saturated heterocycles. The Hall–Kier alpha value is -2.62. The van der Waals surface area contributed by atoms with E-state index in [9.17, 15) is 5.11 Å². The van der Waals surface area contributed by atoms with Gasteiger partial charge in [-0.05, 0) is 61.4 Å². The third-order valence-corrected chi connectivity index (χ3v) is 7.52. The summed E-state index contributed by atoms with van der Waals surface area (Å²) in [5.74, 6) is 0.347. The van der Waals surface area contributed by atoms with Crippen molar-refractivity contribution in [3.05, 3.63) is 101 Å². The molecule has 0 fully saturated rings. The van der Waals surface area contributed by atoms with E-state index in [4.69, 9.17) is 9.47 Å². The summed E-state index contributed by atoms with van der Waals surface area (Å²) in [6.07, 6.45) is 10.8. The molecule has 212 valence electrons. The maximum Gasteiger partial charge on any atom is 0.119 e. The molecule has 0 spiro atoms. The van der Waals surface area contributed by atoms with Gasteiger partial charge in [-0.2, -0.15) is 0 Å². The molecule has 3 aromatic rings. The number of aromatic hydroxyl groups is 1. The standard InChI is InChI=1S/C36H50O3/c1-5-7-11-24-35(30-18-13-9-14-19-30)38-28(3)26-32-22-17-23-34(37)33(32)27-29(4)39-36(25-12-8-6-2)31-20-15-10-16-21-31/h9-10,13-23,28-29,35-37H,5-8,11-12,24-27H2,1-4H3. The van der Waals surface area contributed by atoms with Crippen LogP contribution in [0.15, 0.2) is 78.9 Å². The van der Waals surface area contributed by atoms with Gasteiger partial charge in [-0.3, -0.25) is 0 Å². The van der Waals surface area contributed by atoms with Gasteiger partial charge >= 0.3 is 0 Å². The molecule has 3 aromatic carbocycles. The molecule has 0 radical (unpaired) electrons. The molecule has 0 heterocycles. The monoisotopic (exact) mass is 530 g/mol. The third kappa shape index (κ3) is 10.5. The smallest absolute Gasteiger partial charge is 0.119 e. The van der Waals surface area contributed by atoms with Crippen LogP contribution in [0.25, 0.3) is 0 Å². The van der Waals surface area contributed by atoms with Crippen LogP contribution in [-0.4, -0.2) is 17.3 Å². The summed E-state index contributed by atoms with van der Waals surface area (Å²) in [6, 6.07) is 27.0. The number of ether oxygens (including phenoxy) is 2. The number of phenols is 1. The number of unbranched alkanes of at least 4 members (excludes halogenated alkanes) is 4. The van der Waals surface area contributed by atoms with Crippen LogP contribution < -0.4 is 0 Å². The van der Waals surface area contributed by atoms with Gasteiger partial charge in [0.15, 0.2) is 0 Å². The Kier molecular flexibility index (Phi) is 13.6. The first-order valence-corrected chi connectivity index (χ1v) is 15.2. The molecule has 0 aliphatic rings. The summed E-state index contributed by atoms with van der Waals surface area (Å²) >= 11 is 0. The molecule has 0 aliphatic carbocycles. The van der Waals surface area contributed by atoms with Crippen LogP contribution in [0.5, 0.6) is 5.75 Å². The van der Waals surface area contributed by atoms with Crippen molar-refractivity contribution in [1.82, 2.24) is 0 Å². The predicted octanol–water partition coefficient (Wildman–Crippen LogP) is 9.93. The van der Waals surface area contributed by atoms with Gasteiger partial charge < -0.3 is 14.6 Å². The van der Waals surface area contributed by atoms with Crippen molar-refractivity contribution in [3.8, 4) is 5.75 Å². The molecule has 3 nitrogen and oxygen atoms in total. The highest BCUT2D eigenvalue weighted by Gasteiger charge is 2.21. The van der Waals surface area contributed by atoms with Crippen LogP contribution in [0.1, 0.15) is 114 Å². The molecule has 0 amide bonds. The quantitative estimate of drug-likeness (QED) is 0.166. The second-order valence-electron chi connectivity index (χ2n) is 11.0. The number of phenolic OH excluding ortho intramolecular Hbond substituents is 1. The summed E-state index contributed by atoms with van der Waals surface area (Å²) in [5, 5.41) is 10.9. The minimum Gasteiger partial charge on any atom is -0.508 e. The molecule has 1 N–H and O–H groups in total. The Morgan fingerprint density at radius 2 is 1.08 bits per heavy atom. The van der Waals surface area contributed by atoms with Gasteiger partial charge in [-0.25, -0.2) is 0 Å². The van der Waals surface area contributed by atoms with Crippen molar-refractivity contribution >= 4 is 0 Å². The third-order valence-electron chi connectivity index (χ3n) is 7.52. The lowest BCUT2D eigenvalue weighted by Crippen LogP contribution is -2.20. The van der Waals surface area contributed by atoms with Crippen LogP contribution in [0.4, 0.5) is 0 Å². The van der Waals surface area contributed by atoms with E-state index in [1.54, 1.807) is 6.07 Å². The number of hydrogen-bond acceptors (Lipinski definition) is 3. The average molecular weight is 531 g/mol. The summed E-state index contributed by atoms with van der Waals surface area (Å²) in [5.41, 5.74) is 4.59. The Morgan fingerprint density at radius 1 is 0.590 bits per heavy atom. The summed E-state index contributed by atoms with van der Waals surface area (Å²) in [6.45, 7) is 8.76. The highest BCUT2D eigenvalue weighted by molar-refractivity contribution is 5.40. The van der Waals surface area contributed by atoms with E-state index in [0.717, 1.165) is 43.2 Å². The van der Waals surface area contributed by atoms with Gasteiger partial charge in [0.25, 0.3) is 0 Å². The SMILES string of the molecule is CCCCCC(OC(C)Cc1cccc(O)c1CC(C)OC(CCCCC)c1ccccc1)c1ccccc1. The molecule has 0 saturated carbocycles. The number of hydrogen-bond donors (Lipinski definition) is 1. The zero-order chi connectivity index (χ0) is 27.9. The highest BCUT2D eigenvalue weighted by Crippen LogP contribution is 2.31. The Balaban J connectivity index is 1.69. The topological polar surface area (TPSA) is 38.7 Å². The van der Waals surface area contributed by atoms with Gasteiger partial charge in [-0.1, -0.05) is 125 Å². The van der Waals surface area contributed by atoms with Gasteiger partial charge in [0, 0.05) is 6.42 Å². The zero-order valence-corrected chi connectivity index (χ0v) is 24.6. The van der Waals surface area contributed by atoms with Crippen LogP contribution in [0, 0.1) is 0 Å². The van der Waals surface area contributed by atoms with E-state index in [2.05, 4.69) is 94.4 Å². The molecule has 0 aromatic heterocycles. The fourth-order valence-corrected chi connectivity index (χ4v) is 5.42. The molecule has 0 aliphatic heterocycles. The van der Waals surface area contributed by atoms with Crippen molar-refractivity contribution in [2.45, 2.75) is 116 Å². The maximum absolute atomic E-state index is 10.9. The van der Waals surface area contributed by atoms with Gasteiger partial charge in [0.2, 0.25) is 0 Å². The molecule has 3 rings (SSSR count). The lowest BCUT2D eigenvalue weighted by molar-refractivity contribution is -0.0119. The Labute approximate surface area is 237 Å². The van der Waals surface area contributed by atoms with E-state index in [1.165, 1.54) is 36.8 Å². The predicted molar refractivity (Wildman–Crippen MR) is 163 cm³/mol. The summed E-state index contributed by atoms with van der Waals surface area (Å²) in [7, 11) is 0. The highest BCUT2D eigenvalue weighted by atomic mass is 16.5. The van der Waals surface area contributed by atoms with E-state index in [-0.39, 0.29) is 24.4 Å². The van der Waals surface area contributed by atoms with E-state index in [1.807, 2.05) is 6.07 Å². The molecule has 3 heteroatoms. The molecule has 4 atom stereocenters. The normalized spacial score (nSPS) is 14.6. The lowest BCUT2D eigenvalue weighted by atomic mass is 9.96. The molecular weight excluding hydrogens is 480 g/mol. The number of benzene rings is 3.